The fourth-order valence-electron chi connectivity index (χ4n) is 10.2. The van der Waals surface area contributed by atoms with Crippen LogP contribution < -0.4 is 5.73 Å². The van der Waals surface area contributed by atoms with Gasteiger partial charge in [-0.25, -0.2) is 14.8 Å². The molecule has 12 heteroatoms. The molecule has 2 aliphatic heterocycles. The van der Waals surface area contributed by atoms with Crippen molar-refractivity contribution >= 4 is 17.9 Å². The normalized spacial score (nSPS) is 25.2. The molecule has 4 N–H and O–H groups in total. The van der Waals surface area contributed by atoms with E-state index in [1.165, 1.54) is 0 Å². The van der Waals surface area contributed by atoms with E-state index in [0.717, 1.165) is 129 Å². The molecule has 8 rings (SSSR count). The number of primary amides is 1. The van der Waals surface area contributed by atoms with Crippen molar-refractivity contribution < 1.29 is 19.1 Å². The third-order valence-corrected chi connectivity index (χ3v) is 13.3. The Labute approximate surface area is 336 Å². The van der Waals surface area contributed by atoms with Crippen LogP contribution in [0.4, 0.5) is 4.79 Å². The number of likely N-dealkylation sites (tertiary alicyclic amines) is 2. The summed E-state index contributed by atoms with van der Waals surface area (Å²) in [6.07, 6.45) is 13.5. The fourth-order valence-corrected chi connectivity index (χ4v) is 10.2. The smallest absolute Gasteiger partial charge is 0.404 e. The van der Waals surface area contributed by atoms with Crippen molar-refractivity contribution in [3.05, 3.63) is 72.6 Å². The van der Waals surface area contributed by atoms with Gasteiger partial charge in [-0.05, 0) is 106 Å². The summed E-state index contributed by atoms with van der Waals surface area (Å²) in [5, 5.41) is 0. The highest BCUT2D eigenvalue weighted by Crippen LogP contribution is 2.38. The number of benzene rings is 2. The van der Waals surface area contributed by atoms with Crippen LogP contribution in [-0.4, -0.2) is 90.9 Å². The van der Waals surface area contributed by atoms with E-state index >= 15 is 0 Å². The summed E-state index contributed by atoms with van der Waals surface area (Å²) in [6, 6.07) is 17.4. The van der Waals surface area contributed by atoms with Gasteiger partial charge in [0.15, 0.2) is 0 Å². The van der Waals surface area contributed by atoms with E-state index in [0.29, 0.717) is 31.3 Å². The van der Waals surface area contributed by atoms with Crippen LogP contribution in [0.1, 0.15) is 115 Å². The van der Waals surface area contributed by atoms with Crippen LogP contribution in [0.2, 0.25) is 0 Å². The average Bonchev–Trinajstić information content (AvgIpc) is 4.09. The highest BCUT2D eigenvalue weighted by atomic mass is 16.6. The standard InChI is InChI=1S/C45H58N8O4/c1-3-51(4-2)34-23-21-33(22-24-34)43(54)52-25-7-10-38(52)41-47-27-36(49-41)31-17-13-29(14-18-31)30-15-19-32(20-16-30)37-28-48-42(50-37)39-11-8-26-53(39)44(55)35-9-5-6-12-40(35)57-45(46)56/h13-20,27-28,33-35,38-40H,3-12,21-26H2,1-2H3,(H2,46,56)(H,47,49)(H,48,50)/t33?,34?,35-,38-,39-,40+/m0/s1. The summed E-state index contributed by atoms with van der Waals surface area (Å²) in [5.74, 6) is 1.76. The number of nitrogens with zero attached hydrogens (tertiary/aromatic N) is 5. The Hall–Kier alpha value is -4.97. The lowest BCUT2D eigenvalue weighted by Gasteiger charge is -2.37. The zero-order valence-electron chi connectivity index (χ0n) is 33.5. The fraction of sp³-hybridized carbons (Fsp3) is 0.533. The first-order valence-corrected chi connectivity index (χ1v) is 21.4. The minimum Gasteiger partial charge on any atom is -0.446 e. The molecule has 4 aliphatic rings. The van der Waals surface area contributed by atoms with Crippen LogP contribution in [0.5, 0.6) is 0 Å². The van der Waals surface area contributed by atoms with Crippen LogP contribution in [0.15, 0.2) is 60.9 Å². The molecule has 3 amide bonds. The van der Waals surface area contributed by atoms with Crippen LogP contribution in [0.3, 0.4) is 0 Å². The van der Waals surface area contributed by atoms with E-state index in [-0.39, 0.29) is 29.8 Å². The second-order valence-electron chi connectivity index (χ2n) is 16.5. The first kappa shape index (κ1) is 38.9. The summed E-state index contributed by atoms with van der Waals surface area (Å²) in [5.41, 5.74) is 11.5. The maximum Gasteiger partial charge on any atom is 0.404 e. The van der Waals surface area contributed by atoms with Gasteiger partial charge < -0.3 is 35.1 Å². The van der Waals surface area contributed by atoms with Gasteiger partial charge in [-0.15, -0.1) is 0 Å². The van der Waals surface area contributed by atoms with Gasteiger partial charge >= 0.3 is 6.09 Å². The number of carbonyl (C=O) groups excluding carboxylic acids is 3. The zero-order chi connectivity index (χ0) is 39.5. The van der Waals surface area contributed by atoms with E-state index in [4.69, 9.17) is 20.4 Å². The Morgan fingerprint density at radius 1 is 0.667 bits per heavy atom. The molecule has 2 saturated heterocycles. The molecular weight excluding hydrogens is 717 g/mol. The monoisotopic (exact) mass is 774 g/mol. The number of aromatic amines is 2. The van der Waals surface area contributed by atoms with Gasteiger partial charge in [0, 0.05) is 25.0 Å². The quantitative estimate of drug-likeness (QED) is 0.140. The SMILES string of the molecule is CCN(CC)C1CCC(C(=O)N2CCC[C@H]2c2ncc(-c3ccc(-c4ccc(-c5cnc([C@@H]6CCCN6C(=O)[C@H]6CCCC[C@H]6OC(N)=O)[nH]5)cc4)cc3)[nH]2)CC1. The molecule has 2 aliphatic carbocycles. The number of aromatic nitrogens is 4. The Morgan fingerprint density at radius 2 is 1.16 bits per heavy atom. The minimum absolute atomic E-state index is 0.00836. The molecule has 2 aromatic carbocycles. The first-order chi connectivity index (χ1) is 27.8. The maximum absolute atomic E-state index is 13.8. The third-order valence-electron chi connectivity index (χ3n) is 13.3. The number of hydrogen-bond donors (Lipinski definition) is 3. The van der Waals surface area contributed by atoms with Gasteiger partial charge in [0.2, 0.25) is 11.8 Å². The van der Waals surface area contributed by atoms with Crippen molar-refractivity contribution in [1.29, 1.82) is 0 Å². The molecule has 4 atom stereocenters. The van der Waals surface area contributed by atoms with Crippen molar-refractivity contribution in [2.24, 2.45) is 17.6 Å². The number of nitrogens with two attached hydrogens (primary N) is 1. The molecule has 57 heavy (non-hydrogen) atoms. The molecule has 0 unspecified atom stereocenters. The van der Waals surface area contributed by atoms with E-state index in [9.17, 15) is 14.4 Å². The summed E-state index contributed by atoms with van der Waals surface area (Å²) >= 11 is 0. The van der Waals surface area contributed by atoms with Crippen molar-refractivity contribution in [3.8, 4) is 33.6 Å². The number of imidazole rings is 2. The van der Waals surface area contributed by atoms with Crippen LogP contribution in [-0.2, 0) is 14.3 Å². The summed E-state index contributed by atoms with van der Waals surface area (Å²) < 4.78 is 5.36. The topological polar surface area (TPSA) is 154 Å². The minimum atomic E-state index is -0.820. The van der Waals surface area contributed by atoms with Gasteiger partial charge in [-0.2, -0.15) is 0 Å². The number of rotatable bonds is 11. The molecule has 2 aromatic heterocycles. The molecule has 4 heterocycles. The first-order valence-electron chi connectivity index (χ1n) is 21.4. The Kier molecular flexibility index (Phi) is 11.8. The van der Waals surface area contributed by atoms with E-state index < -0.39 is 12.2 Å². The molecule has 0 spiro atoms. The van der Waals surface area contributed by atoms with E-state index in [2.05, 4.69) is 82.1 Å². The number of ether oxygens (including phenoxy) is 1. The lowest BCUT2D eigenvalue weighted by molar-refractivity contribution is -0.142. The maximum atomic E-state index is 13.8. The third kappa shape index (κ3) is 8.24. The predicted molar refractivity (Wildman–Crippen MR) is 219 cm³/mol. The number of amides is 3. The predicted octanol–water partition coefficient (Wildman–Crippen LogP) is 8.02. The Morgan fingerprint density at radius 3 is 1.67 bits per heavy atom. The molecule has 2 saturated carbocycles. The van der Waals surface area contributed by atoms with Gasteiger partial charge in [0.1, 0.15) is 17.8 Å². The summed E-state index contributed by atoms with van der Waals surface area (Å²) in [6.45, 7) is 8.09. The highest BCUT2D eigenvalue weighted by molar-refractivity contribution is 5.81. The average molecular weight is 775 g/mol. The molecule has 302 valence electrons. The van der Waals surface area contributed by atoms with Crippen LogP contribution in [0, 0.1) is 11.8 Å². The number of carbonyl (C=O) groups is 3. The molecule has 0 bridgehead atoms. The van der Waals surface area contributed by atoms with Crippen molar-refractivity contribution in [3.63, 3.8) is 0 Å². The van der Waals surface area contributed by atoms with Gasteiger partial charge in [0.25, 0.3) is 0 Å². The van der Waals surface area contributed by atoms with Crippen molar-refractivity contribution in [2.45, 2.75) is 115 Å². The number of hydrogen-bond acceptors (Lipinski definition) is 7. The lowest BCUT2D eigenvalue weighted by atomic mass is 9.84. The Balaban J connectivity index is 0.885. The lowest BCUT2D eigenvalue weighted by Crippen LogP contribution is -2.44. The second-order valence-corrected chi connectivity index (χ2v) is 16.5. The number of H-pyrrole nitrogens is 2. The highest BCUT2D eigenvalue weighted by Gasteiger charge is 2.41. The summed E-state index contributed by atoms with van der Waals surface area (Å²) in [4.78, 5) is 62.2. The van der Waals surface area contributed by atoms with E-state index in [1.54, 1.807) is 0 Å². The van der Waals surface area contributed by atoms with Gasteiger partial charge in [0.05, 0.1) is 41.8 Å². The molecule has 4 aromatic rings. The van der Waals surface area contributed by atoms with Crippen LogP contribution in [0.25, 0.3) is 33.6 Å². The molecule has 12 nitrogen and oxygen atoms in total. The van der Waals surface area contributed by atoms with E-state index in [1.807, 2.05) is 17.3 Å². The van der Waals surface area contributed by atoms with Crippen LogP contribution >= 0.6 is 0 Å². The zero-order valence-corrected chi connectivity index (χ0v) is 33.5. The summed E-state index contributed by atoms with van der Waals surface area (Å²) in [7, 11) is 0. The second kappa shape index (κ2) is 17.3. The van der Waals surface area contributed by atoms with Crippen molar-refractivity contribution in [2.75, 3.05) is 26.2 Å². The molecular formula is C45H58N8O4. The number of nitrogens with one attached hydrogen (secondary N) is 2. The largest absolute Gasteiger partial charge is 0.446 e. The van der Waals surface area contributed by atoms with Gasteiger partial charge in [-0.1, -0.05) is 68.8 Å². The van der Waals surface area contributed by atoms with Crippen molar-refractivity contribution in [1.82, 2.24) is 34.6 Å². The molecule has 4 fully saturated rings. The Bertz CT molecular complexity index is 2000. The van der Waals surface area contributed by atoms with Gasteiger partial charge in [-0.3, -0.25) is 9.59 Å². The molecule has 0 radical (unpaired) electrons.